The highest BCUT2D eigenvalue weighted by Gasteiger charge is 2.27. The molecule has 4 aromatic rings. The van der Waals surface area contributed by atoms with E-state index in [0.29, 0.717) is 17.1 Å². The van der Waals surface area contributed by atoms with Gasteiger partial charge in [0.1, 0.15) is 16.9 Å². The van der Waals surface area contributed by atoms with Crippen LogP contribution in [0.25, 0.3) is 27.9 Å². The van der Waals surface area contributed by atoms with Gasteiger partial charge in [0.15, 0.2) is 5.69 Å². The number of carboxylic acid groups (broad SMARTS) is 1. The number of hydrogen-bond acceptors (Lipinski definition) is 5. The molecule has 0 bridgehead atoms. The second-order valence-electron chi connectivity index (χ2n) is 7.59. The minimum absolute atomic E-state index is 0.0661. The number of ether oxygens (including phenoxy) is 1. The number of pyridine rings is 1. The Labute approximate surface area is 166 Å². The number of methoxy groups -OCH3 is 1. The Morgan fingerprint density at radius 3 is 2.83 bits per heavy atom. The monoisotopic (exact) mass is 391 g/mol. The van der Waals surface area contributed by atoms with E-state index in [1.807, 2.05) is 19.2 Å². The fourth-order valence-electron chi connectivity index (χ4n) is 3.94. The van der Waals surface area contributed by atoms with Crippen LogP contribution >= 0.6 is 0 Å². The second kappa shape index (κ2) is 6.30. The molecule has 1 fully saturated rings. The van der Waals surface area contributed by atoms with Crippen molar-refractivity contribution in [3.8, 4) is 17.3 Å². The van der Waals surface area contributed by atoms with E-state index in [-0.39, 0.29) is 11.6 Å². The summed E-state index contributed by atoms with van der Waals surface area (Å²) in [6, 6.07) is 6.09. The van der Waals surface area contributed by atoms with E-state index in [0.717, 1.165) is 34.5 Å². The zero-order valence-corrected chi connectivity index (χ0v) is 16.5. The molecule has 0 amide bonds. The lowest BCUT2D eigenvalue weighted by molar-refractivity contribution is 0.0687. The molecule has 8 nitrogen and oxygen atoms in total. The molecule has 5 rings (SSSR count). The Morgan fingerprint density at radius 2 is 2.14 bits per heavy atom. The number of rotatable bonds is 5. The average Bonchev–Trinajstić information content (AvgIpc) is 3.37. The first kappa shape index (κ1) is 17.7. The van der Waals surface area contributed by atoms with Crippen molar-refractivity contribution < 1.29 is 14.6 Å². The van der Waals surface area contributed by atoms with Crippen molar-refractivity contribution in [3.63, 3.8) is 0 Å². The molecule has 4 heterocycles. The van der Waals surface area contributed by atoms with Gasteiger partial charge in [0.05, 0.1) is 18.5 Å². The van der Waals surface area contributed by atoms with Crippen molar-refractivity contribution in [1.29, 1.82) is 0 Å². The third kappa shape index (κ3) is 2.66. The molecule has 0 radical (unpaired) electrons. The first-order chi connectivity index (χ1) is 14.0. The molecule has 8 heteroatoms. The number of aromatic nitrogens is 5. The van der Waals surface area contributed by atoms with Gasteiger partial charge in [0.2, 0.25) is 5.88 Å². The highest BCUT2D eigenvalue weighted by atomic mass is 16.5. The van der Waals surface area contributed by atoms with E-state index in [4.69, 9.17) is 9.84 Å². The van der Waals surface area contributed by atoms with Crippen LogP contribution in [0.5, 0.6) is 5.88 Å². The Balaban J connectivity index is 1.81. The maximum absolute atomic E-state index is 11.6. The molecule has 0 atom stereocenters. The van der Waals surface area contributed by atoms with Gasteiger partial charge in [-0.05, 0) is 50.8 Å². The summed E-state index contributed by atoms with van der Waals surface area (Å²) in [5.74, 6) is -0.183. The third-order valence-electron chi connectivity index (χ3n) is 5.63. The first-order valence-electron chi connectivity index (χ1n) is 9.61. The zero-order chi connectivity index (χ0) is 20.3. The van der Waals surface area contributed by atoms with E-state index in [1.165, 1.54) is 20.0 Å². The minimum atomic E-state index is -1.11. The van der Waals surface area contributed by atoms with Gasteiger partial charge in [-0.2, -0.15) is 5.10 Å². The Hall–Kier alpha value is -3.42. The Kier molecular flexibility index (Phi) is 3.84. The van der Waals surface area contributed by atoms with Crippen LogP contribution in [0, 0.1) is 19.8 Å². The predicted octanol–water partition coefficient (Wildman–Crippen LogP) is 3.48. The standard InChI is InChI=1S/C21H21N5O3/c1-11-16(24-26-12(2)17(21(27)28)23-20(29-3)18(11)26)15-9-14-5-4-8-22-19(14)25(15)10-13-6-7-13/h4-5,8-9,13H,6-7,10H2,1-3H3,(H,27,28). The maximum atomic E-state index is 11.6. The van der Waals surface area contributed by atoms with Crippen LogP contribution in [0.3, 0.4) is 0 Å². The summed E-state index contributed by atoms with van der Waals surface area (Å²) in [6.07, 6.45) is 4.27. The fraction of sp³-hybridized carbons (Fsp3) is 0.333. The number of carbonyl (C=O) groups is 1. The topological polar surface area (TPSA) is 94.5 Å². The molecule has 4 aromatic heterocycles. The molecule has 1 saturated carbocycles. The van der Waals surface area contributed by atoms with Crippen LogP contribution in [0.15, 0.2) is 24.4 Å². The van der Waals surface area contributed by atoms with Crippen molar-refractivity contribution in [2.45, 2.75) is 33.2 Å². The Bertz CT molecular complexity index is 1280. The number of carboxylic acids is 1. The smallest absolute Gasteiger partial charge is 0.356 e. The average molecular weight is 391 g/mol. The first-order valence-corrected chi connectivity index (χ1v) is 9.61. The van der Waals surface area contributed by atoms with Crippen LogP contribution in [0.2, 0.25) is 0 Å². The molecule has 0 spiro atoms. The molecule has 29 heavy (non-hydrogen) atoms. The molecule has 148 valence electrons. The molecule has 1 aliphatic rings. The third-order valence-corrected chi connectivity index (χ3v) is 5.63. The van der Waals surface area contributed by atoms with E-state index < -0.39 is 5.97 Å². The number of fused-ring (bicyclic) bond motifs is 2. The van der Waals surface area contributed by atoms with Crippen molar-refractivity contribution in [2.24, 2.45) is 5.92 Å². The predicted molar refractivity (Wildman–Crippen MR) is 107 cm³/mol. The van der Waals surface area contributed by atoms with Crippen LogP contribution in [-0.4, -0.2) is 42.3 Å². The van der Waals surface area contributed by atoms with Crippen LogP contribution in [0.1, 0.15) is 34.6 Å². The highest BCUT2D eigenvalue weighted by Crippen LogP contribution is 2.37. The second-order valence-corrected chi connectivity index (χ2v) is 7.59. The minimum Gasteiger partial charge on any atom is -0.479 e. The normalized spacial score (nSPS) is 14.0. The molecule has 1 aliphatic carbocycles. The van der Waals surface area contributed by atoms with Gasteiger partial charge < -0.3 is 14.4 Å². The van der Waals surface area contributed by atoms with Gasteiger partial charge >= 0.3 is 5.97 Å². The van der Waals surface area contributed by atoms with Gasteiger partial charge in [0, 0.05) is 23.7 Å². The molecule has 0 saturated heterocycles. The van der Waals surface area contributed by atoms with Crippen molar-refractivity contribution in [3.05, 3.63) is 41.3 Å². The summed E-state index contributed by atoms with van der Waals surface area (Å²) >= 11 is 0. The van der Waals surface area contributed by atoms with Crippen LogP contribution in [0.4, 0.5) is 0 Å². The molecular formula is C21H21N5O3. The van der Waals surface area contributed by atoms with Gasteiger partial charge in [-0.15, -0.1) is 0 Å². The number of aryl methyl sites for hydroxylation is 2. The summed E-state index contributed by atoms with van der Waals surface area (Å²) in [5, 5.41) is 15.4. The van der Waals surface area contributed by atoms with Crippen molar-refractivity contribution in [1.82, 2.24) is 24.1 Å². The lowest BCUT2D eigenvalue weighted by Gasteiger charge is -2.08. The molecular weight excluding hydrogens is 370 g/mol. The van der Waals surface area contributed by atoms with E-state index >= 15 is 0 Å². The van der Waals surface area contributed by atoms with E-state index in [1.54, 1.807) is 11.4 Å². The molecule has 0 aromatic carbocycles. The number of hydrogen-bond donors (Lipinski definition) is 1. The summed E-state index contributed by atoms with van der Waals surface area (Å²) in [4.78, 5) is 20.4. The Morgan fingerprint density at radius 1 is 1.34 bits per heavy atom. The number of nitrogens with zero attached hydrogens (tertiary/aromatic N) is 5. The fourth-order valence-corrected chi connectivity index (χ4v) is 3.94. The van der Waals surface area contributed by atoms with Gasteiger partial charge in [-0.3, -0.25) is 0 Å². The zero-order valence-electron chi connectivity index (χ0n) is 16.5. The highest BCUT2D eigenvalue weighted by molar-refractivity contribution is 5.89. The van der Waals surface area contributed by atoms with E-state index in [9.17, 15) is 9.90 Å². The summed E-state index contributed by atoms with van der Waals surface area (Å²) in [6.45, 7) is 4.58. The van der Waals surface area contributed by atoms with Crippen molar-refractivity contribution in [2.75, 3.05) is 7.11 Å². The van der Waals surface area contributed by atoms with Crippen molar-refractivity contribution >= 4 is 22.5 Å². The SMILES string of the molecule is COc1nc(C(=O)O)c(C)n2nc(-c3cc4cccnc4n3CC3CC3)c(C)c12. The summed E-state index contributed by atoms with van der Waals surface area (Å²) in [5.41, 5.74) is 4.68. The molecule has 1 N–H and O–H groups in total. The number of aromatic carboxylic acids is 1. The van der Waals surface area contributed by atoms with Crippen LogP contribution in [-0.2, 0) is 6.54 Å². The maximum Gasteiger partial charge on any atom is 0.356 e. The summed E-state index contributed by atoms with van der Waals surface area (Å²) in [7, 11) is 1.49. The largest absolute Gasteiger partial charge is 0.479 e. The lowest BCUT2D eigenvalue weighted by atomic mass is 10.1. The van der Waals surface area contributed by atoms with Gasteiger partial charge in [-0.1, -0.05) is 0 Å². The molecule has 0 aliphatic heterocycles. The lowest BCUT2D eigenvalue weighted by Crippen LogP contribution is -2.10. The van der Waals surface area contributed by atoms with Gasteiger partial charge in [-0.25, -0.2) is 19.3 Å². The summed E-state index contributed by atoms with van der Waals surface area (Å²) < 4.78 is 9.28. The molecule has 0 unspecified atom stereocenters. The van der Waals surface area contributed by atoms with E-state index in [2.05, 4.69) is 26.7 Å². The van der Waals surface area contributed by atoms with Crippen LogP contribution < -0.4 is 4.74 Å². The van der Waals surface area contributed by atoms with Gasteiger partial charge in [0.25, 0.3) is 0 Å². The quantitative estimate of drug-likeness (QED) is 0.560.